The van der Waals surface area contributed by atoms with Crippen molar-refractivity contribution in [3.8, 4) is 5.75 Å². The quantitative estimate of drug-likeness (QED) is 0.644. The lowest BCUT2D eigenvalue weighted by molar-refractivity contribution is -0.275. The Bertz CT molecular complexity index is 1080. The summed E-state index contributed by atoms with van der Waals surface area (Å²) in [6, 6.07) is 6.67. The first-order valence-corrected chi connectivity index (χ1v) is 12.3. The molecule has 12 heteroatoms. The average molecular weight is 486 g/mol. The Morgan fingerprint density at radius 1 is 0.909 bits per heavy atom. The first kappa shape index (κ1) is 23.6. The lowest BCUT2D eigenvalue weighted by Crippen LogP contribution is -2.49. The molecule has 0 N–H and O–H groups in total. The van der Waals surface area contributed by atoms with Crippen molar-refractivity contribution in [1.29, 1.82) is 0 Å². The van der Waals surface area contributed by atoms with E-state index in [0.29, 0.717) is 19.0 Å². The minimum absolute atomic E-state index is 0.116. The standard InChI is InChI=1S/C21H26F3N5O3S/c1-16-15-19(26-20(25-16)28-9-5-2-6-10-28)27-11-13-29(14-12-27)33(30,31)18-8-4-3-7-17(18)32-21(22,23)24/h3-4,7-8,15H,2,5-6,9-14H2,1H3. The zero-order valence-corrected chi connectivity index (χ0v) is 19.1. The molecule has 0 radical (unpaired) electrons. The van der Waals surface area contributed by atoms with Crippen LogP contribution in [0, 0.1) is 6.92 Å². The van der Waals surface area contributed by atoms with Crippen LogP contribution < -0.4 is 14.5 Å². The fourth-order valence-corrected chi connectivity index (χ4v) is 5.64. The molecule has 0 saturated carbocycles. The maximum Gasteiger partial charge on any atom is 0.573 e. The van der Waals surface area contributed by atoms with Crippen molar-refractivity contribution >= 4 is 21.8 Å². The summed E-state index contributed by atoms with van der Waals surface area (Å²) in [5.41, 5.74) is 0.828. The monoisotopic (exact) mass is 485 g/mol. The molecule has 4 rings (SSSR count). The lowest BCUT2D eigenvalue weighted by Gasteiger charge is -2.35. The second-order valence-electron chi connectivity index (χ2n) is 8.10. The molecule has 2 saturated heterocycles. The van der Waals surface area contributed by atoms with E-state index in [1.165, 1.54) is 22.9 Å². The Labute approximate surface area is 191 Å². The molecule has 2 fully saturated rings. The molecule has 0 aliphatic carbocycles. The van der Waals surface area contributed by atoms with E-state index in [4.69, 9.17) is 4.98 Å². The second-order valence-corrected chi connectivity index (χ2v) is 10.0. The summed E-state index contributed by atoms with van der Waals surface area (Å²) in [6.07, 6.45) is -1.59. The van der Waals surface area contributed by atoms with Gasteiger partial charge in [0, 0.05) is 51.0 Å². The van der Waals surface area contributed by atoms with E-state index in [0.717, 1.165) is 49.6 Å². The van der Waals surface area contributed by atoms with Crippen molar-refractivity contribution in [2.45, 2.75) is 37.4 Å². The third kappa shape index (κ3) is 5.49. The first-order valence-electron chi connectivity index (χ1n) is 10.8. The lowest BCUT2D eigenvalue weighted by atomic mass is 10.1. The summed E-state index contributed by atoms with van der Waals surface area (Å²) < 4.78 is 69.5. The molecule has 180 valence electrons. The zero-order valence-electron chi connectivity index (χ0n) is 18.3. The number of anilines is 2. The molecule has 1 aromatic carbocycles. The van der Waals surface area contributed by atoms with Crippen LogP contribution in [0.2, 0.25) is 0 Å². The van der Waals surface area contributed by atoms with Crippen LogP contribution >= 0.6 is 0 Å². The van der Waals surface area contributed by atoms with Crippen LogP contribution in [-0.2, 0) is 10.0 Å². The molecular weight excluding hydrogens is 459 g/mol. The number of piperazine rings is 1. The van der Waals surface area contributed by atoms with E-state index in [-0.39, 0.29) is 13.1 Å². The van der Waals surface area contributed by atoms with Gasteiger partial charge in [-0.1, -0.05) is 12.1 Å². The van der Waals surface area contributed by atoms with Gasteiger partial charge in [-0.25, -0.2) is 13.4 Å². The number of halogens is 3. The number of aromatic nitrogens is 2. The van der Waals surface area contributed by atoms with Gasteiger partial charge < -0.3 is 14.5 Å². The molecule has 2 aliphatic heterocycles. The Morgan fingerprint density at radius 3 is 2.24 bits per heavy atom. The third-order valence-electron chi connectivity index (χ3n) is 5.72. The number of para-hydroxylation sites is 1. The first-order chi connectivity index (χ1) is 15.6. The molecule has 0 unspecified atom stereocenters. The van der Waals surface area contributed by atoms with Crippen molar-refractivity contribution in [3.63, 3.8) is 0 Å². The number of aryl methyl sites for hydroxylation is 1. The number of sulfonamides is 1. The van der Waals surface area contributed by atoms with E-state index in [1.54, 1.807) is 0 Å². The minimum Gasteiger partial charge on any atom is -0.404 e. The number of hydrogen-bond acceptors (Lipinski definition) is 7. The highest BCUT2D eigenvalue weighted by Gasteiger charge is 2.36. The van der Waals surface area contributed by atoms with Crippen LogP contribution in [0.1, 0.15) is 25.0 Å². The summed E-state index contributed by atoms with van der Waals surface area (Å²) in [5, 5.41) is 0. The van der Waals surface area contributed by atoms with Crippen molar-refractivity contribution < 1.29 is 26.3 Å². The van der Waals surface area contributed by atoms with Gasteiger partial charge in [0.1, 0.15) is 16.5 Å². The highest BCUT2D eigenvalue weighted by atomic mass is 32.2. The molecule has 2 aromatic rings. The third-order valence-corrected chi connectivity index (χ3v) is 7.66. The molecule has 2 aliphatic rings. The molecule has 0 bridgehead atoms. The Hall–Kier alpha value is -2.60. The van der Waals surface area contributed by atoms with Gasteiger partial charge in [0.05, 0.1) is 0 Å². The highest BCUT2D eigenvalue weighted by Crippen LogP contribution is 2.32. The summed E-state index contributed by atoms with van der Waals surface area (Å²) in [6.45, 7) is 4.67. The molecule has 1 aromatic heterocycles. The number of hydrogen-bond donors (Lipinski definition) is 0. The predicted octanol–water partition coefficient (Wildman–Crippen LogP) is 3.18. The Kier molecular flexibility index (Phi) is 6.66. The van der Waals surface area contributed by atoms with Gasteiger partial charge in [-0.15, -0.1) is 13.2 Å². The van der Waals surface area contributed by atoms with Gasteiger partial charge in [-0.2, -0.15) is 9.29 Å². The van der Waals surface area contributed by atoms with Gasteiger partial charge in [0.25, 0.3) is 0 Å². The maximum atomic E-state index is 13.1. The van der Waals surface area contributed by atoms with Gasteiger partial charge in [-0.05, 0) is 38.3 Å². The SMILES string of the molecule is Cc1cc(N2CCN(S(=O)(=O)c3ccccc3OC(F)(F)F)CC2)nc(N2CCCCC2)n1. The smallest absolute Gasteiger partial charge is 0.404 e. The average Bonchev–Trinajstić information content (AvgIpc) is 2.78. The van der Waals surface area contributed by atoms with Crippen LogP contribution in [-0.4, -0.2) is 68.3 Å². The molecule has 3 heterocycles. The van der Waals surface area contributed by atoms with E-state index in [1.807, 2.05) is 17.9 Å². The van der Waals surface area contributed by atoms with Gasteiger partial charge in [-0.3, -0.25) is 0 Å². The number of nitrogens with zero attached hydrogens (tertiary/aromatic N) is 5. The molecule has 8 nitrogen and oxygen atoms in total. The van der Waals surface area contributed by atoms with Crippen molar-refractivity contribution in [1.82, 2.24) is 14.3 Å². The predicted molar refractivity (Wildman–Crippen MR) is 117 cm³/mol. The topological polar surface area (TPSA) is 78.9 Å². The molecule has 0 amide bonds. The number of benzene rings is 1. The highest BCUT2D eigenvalue weighted by molar-refractivity contribution is 7.89. The Morgan fingerprint density at radius 2 is 1.58 bits per heavy atom. The van der Waals surface area contributed by atoms with E-state index in [9.17, 15) is 21.6 Å². The fourth-order valence-electron chi connectivity index (χ4n) is 4.10. The minimum atomic E-state index is -4.98. The second kappa shape index (κ2) is 9.34. The molecular formula is C21H26F3N5O3S. The van der Waals surface area contributed by atoms with Gasteiger partial charge in [0.2, 0.25) is 16.0 Å². The zero-order chi connectivity index (χ0) is 23.6. The van der Waals surface area contributed by atoms with Crippen molar-refractivity contribution in [2.75, 3.05) is 49.1 Å². The van der Waals surface area contributed by atoms with E-state index < -0.39 is 27.0 Å². The molecule has 0 atom stereocenters. The van der Waals surface area contributed by atoms with Crippen molar-refractivity contribution in [3.05, 3.63) is 36.0 Å². The largest absolute Gasteiger partial charge is 0.573 e. The Balaban J connectivity index is 1.49. The number of alkyl halides is 3. The van der Waals surface area contributed by atoms with Gasteiger partial charge in [0.15, 0.2) is 0 Å². The maximum absolute atomic E-state index is 13.1. The number of piperidine rings is 1. The molecule has 0 spiro atoms. The number of rotatable bonds is 5. The van der Waals surface area contributed by atoms with Crippen LogP contribution in [0.4, 0.5) is 24.9 Å². The summed E-state index contributed by atoms with van der Waals surface area (Å²) in [7, 11) is -4.16. The fraction of sp³-hybridized carbons (Fsp3) is 0.524. The van der Waals surface area contributed by atoms with Crippen LogP contribution in [0.15, 0.2) is 35.2 Å². The summed E-state index contributed by atoms with van der Waals surface area (Å²) in [4.78, 5) is 12.9. The van der Waals surface area contributed by atoms with Crippen LogP contribution in [0.5, 0.6) is 5.75 Å². The van der Waals surface area contributed by atoms with Crippen LogP contribution in [0.3, 0.4) is 0 Å². The van der Waals surface area contributed by atoms with Crippen molar-refractivity contribution in [2.24, 2.45) is 0 Å². The van der Waals surface area contributed by atoms with Gasteiger partial charge >= 0.3 is 6.36 Å². The van der Waals surface area contributed by atoms with E-state index >= 15 is 0 Å². The summed E-state index contributed by atoms with van der Waals surface area (Å²) >= 11 is 0. The molecule has 33 heavy (non-hydrogen) atoms. The van der Waals surface area contributed by atoms with E-state index in [2.05, 4.69) is 14.6 Å². The normalized spacial score (nSPS) is 18.4. The van der Waals surface area contributed by atoms with Crippen LogP contribution in [0.25, 0.3) is 0 Å². The number of ether oxygens (including phenoxy) is 1. The summed E-state index contributed by atoms with van der Waals surface area (Å²) in [5.74, 6) is 0.670.